The number of hydrogen-bond acceptors (Lipinski definition) is 3. The van der Waals surface area contributed by atoms with Crippen LogP contribution in [-0.2, 0) is 4.79 Å². The first-order chi connectivity index (χ1) is 14.0. The van der Waals surface area contributed by atoms with Crippen molar-refractivity contribution < 1.29 is 9.18 Å². The van der Waals surface area contributed by atoms with Crippen molar-refractivity contribution in [2.24, 2.45) is 0 Å². The number of carbonyl (C=O) groups excluding carboxylic acids is 1. The molecule has 3 rings (SSSR count). The van der Waals surface area contributed by atoms with Gasteiger partial charge in [0.1, 0.15) is 17.5 Å². The van der Waals surface area contributed by atoms with E-state index in [9.17, 15) is 14.4 Å². The van der Waals surface area contributed by atoms with E-state index in [1.165, 1.54) is 24.3 Å². The third-order valence-electron chi connectivity index (χ3n) is 5.60. The van der Waals surface area contributed by atoms with Gasteiger partial charge < -0.3 is 10.2 Å². The highest BCUT2D eigenvalue weighted by Gasteiger charge is 2.34. The summed E-state index contributed by atoms with van der Waals surface area (Å²) in [6, 6.07) is 9.63. The molecule has 1 aliphatic rings. The number of fused-ring (bicyclic) bond motifs is 1. The van der Waals surface area contributed by atoms with Gasteiger partial charge in [0.05, 0.1) is 10.7 Å². The number of rotatable bonds is 3. The minimum absolute atomic E-state index is 0.0915. The van der Waals surface area contributed by atoms with E-state index in [4.69, 9.17) is 23.2 Å². The van der Waals surface area contributed by atoms with Crippen LogP contribution in [0.2, 0.25) is 10.0 Å². The molecule has 2 aromatic rings. The van der Waals surface area contributed by atoms with E-state index in [-0.39, 0.29) is 27.6 Å². The number of amides is 1. The lowest BCUT2D eigenvalue weighted by Crippen LogP contribution is -2.45. The predicted molar refractivity (Wildman–Crippen MR) is 121 cm³/mol. The molecule has 0 spiro atoms. The fourth-order valence-electron chi connectivity index (χ4n) is 3.80. The summed E-state index contributed by atoms with van der Waals surface area (Å²) in [7, 11) is 1.95. The molecule has 0 saturated heterocycles. The van der Waals surface area contributed by atoms with E-state index in [0.717, 1.165) is 17.7 Å². The van der Waals surface area contributed by atoms with Gasteiger partial charge in [-0.1, -0.05) is 30.1 Å². The molecule has 2 aromatic carbocycles. The number of carbonyl (C=O) groups is 1. The topological polar surface area (TPSA) is 56.1 Å². The summed E-state index contributed by atoms with van der Waals surface area (Å²) in [6.07, 6.45) is 2.17. The molecule has 7 heteroatoms. The van der Waals surface area contributed by atoms with Gasteiger partial charge >= 0.3 is 0 Å². The van der Waals surface area contributed by atoms with Crippen molar-refractivity contribution >= 4 is 46.6 Å². The van der Waals surface area contributed by atoms with E-state index >= 15 is 0 Å². The number of anilines is 2. The first kappa shape index (κ1) is 22.1. The molecule has 30 heavy (non-hydrogen) atoms. The summed E-state index contributed by atoms with van der Waals surface area (Å²) in [5.41, 5.74) is 2.01. The summed E-state index contributed by atoms with van der Waals surface area (Å²) in [6.45, 7) is 6.34. The standard InChI is InChI=1S/C23H22Cl2FN3O/c1-13-11-23(2,3)29(4)21-10-19(26)14(8-17(13)21)7-15(12-27)22(30)28-20-6-5-16(24)9-18(20)25/h5-10,13H,11H2,1-4H3,(H,28,30)/b15-7+. The van der Waals surface area contributed by atoms with Crippen LogP contribution in [-0.4, -0.2) is 18.5 Å². The fraction of sp³-hybridized carbons (Fsp3) is 0.304. The third-order valence-corrected chi connectivity index (χ3v) is 6.14. The molecule has 4 nitrogen and oxygen atoms in total. The van der Waals surface area contributed by atoms with Crippen LogP contribution in [0.25, 0.3) is 6.08 Å². The Bertz CT molecular complexity index is 1090. The molecule has 0 aromatic heterocycles. The number of nitriles is 1. The Morgan fingerprint density at radius 2 is 2.03 bits per heavy atom. The van der Waals surface area contributed by atoms with Gasteiger partial charge in [-0.3, -0.25) is 4.79 Å². The van der Waals surface area contributed by atoms with Crippen molar-refractivity contribution in [3.63, 3.8) is 0 Å². The van der Waals surface area contributed by atoms with Crippen LogP contribution < -0.4 is 10.2 Å². The highest BCUT2D eigenvalue weighted by atomic mass is 35.5. The van der Waals surface area contributed by atoms with Crippen molar-refractivity contribution in [1.29, 1.82) is 5.26 Å². The van der Waals surface area contributed by atoms with E-state index in [1.54, 1.807) is 12.1 Å². The molecule has 1 heterocycles. The molecule has 0 radical (unpaired) electrons. The highest BCUT2D eigenvalue weighted by molar-refractivity contribution is 6.36. The SMILES string of the molecule is CC1CC(C)(C)N(C)c2cc(F)c(/C=C(\C#N)C(=O)Nc3ccc(Cl)cc3Cl)cc21. The van der Waals surface area contributed by atoms with Gasteiger partial charge in [0.2, 0.25) is 0 Å². The van der Waals surface area contributed by atoms with Gasteiger partial charge in [-0.15, -0.1) is 0 Å². The Balaban J connectivity index is 1.96. The number of nitrogens with zero attached hydrogens (tertiary/aromatic N) is 2. The quantitative estimate of drug-likeness (QED) is 0.439. The van der Waals surface area contributed by atoms with Crippen LogP contribution in [0.4, 0.5) is 15.8 Å². The zero-order chi connectivity index (χ0) is 22.2. The van der Waals surface area contributed by atoms with Crippen LogP contribution in [0.15, 0.2) is 35.9 Å². The van der Waals surface area contributed by atoms with Gasteiger partial charge in [0, 0.05) is 28.9 Å². The first-order valence-corrected chi connectivity index (χ1v) is 10.2. The smallest absolute Gasteiger partial charge is 0.266 e. The molecule has 0 saturated carbocycles. The Morgan fingerprint density at radius 1 is 1.33 bits per heavy atom. The van der Waals surface area contributed by atoms with E-state index in [1.807, 2.05) is 13.1 Å². The maximum Gasteiger partial charge on any atom is 0.266 e. The minimum Gasteiger partial charge on any atom is -0.369 e. The average Bonchev–Trinajstić information content (AvgIpc) is 2.66. The van der Waals surface area contributed by atoms with E-state index in [2.05, 4.69) is 31.0 Å². The fourth-order valence-corrected chi connectivity index (χ4v) is 4.26. The Labute approximate surface area is 185 Å². The second-order valence-electron chi connectivity index (χ2n) is 8.16. The predicted octanol–water partition coefficient (Wildman–Crippen LogP) is 6.40. The number of hydrogen-bond donors (Lipinski definition) is 1. The van der Waals surface area contributed by atoms with Crippen molar-refractivity contribution in [2.75, 3.05) is 17.3 Å². The monoisotopic (exact) mass is 445 g/mol. The molecule has 1 aliphatic heterocycles. The largest absolute Gasteiger partial charge is 0.369 e. The van der Waals surface area contributed by atoms with Crippen LogP contribution >= 0.6 is 23.2 Å². The third kappa shape index (κ3) is 4.30. The van der Waals surface area contributed by atoms with Crippen molar-refractivity contribution in [1.82, 2.24) is 0 Å². The zero-order valence-corrected chi connectivity index (χ0v) is 18.7. The Hall–Kier alpha value is -2.55. The van der Waals surface area contributed by atoms with Crippen molar-refractivity contribution in [2.45, 2.75) is 38.6 Å². The van der Waals surface area contributed by atoms with Gasteiger partial charge in [0.15, 0.2) is 0 Å². The van der Waals surface area contributed by atoms with E-state index in [0.29, 0.717) is 10.7 Å². The number of nitrogens with one attached hydrogen (secondary N) is 1. The molecular formula is C23H22Cl2FN3O. The van der Waals surface area contributed by atoms with E-state index < -0.39 is 11.7 Å². The summed E-state index contributed by atoms with van der Waals surface area (Å²) in [5, 5.41) is 12.7. The Kier molecular flexibility index (Phi) is 6.12. The second kappa shape index (κ2) is 8.29. The average molecular weight is 446 g/mol. The number of benzene rings is 2. The zero-order valence-electron chi connectivity index (χ0n) is 17.2. The minimum atomic E-state index is -0.676. The molecule has 1 amide bonds. The summed E-state index contributed by atoms with van der Waals surface area (Å²) in [5.74, 6) is -0.952. The molecule has 0 fully saturated rings. The molecule has 0 bridgehead atoms. The van der Waals surface area contributed by atoms with Gasteiger partial charge in [-0.25, -0.2) is 4.39 Å². The van der Waals surface area contributed by atoms with Crippen molar-refractivity contribution in [3.8, 4) is 6.07 Å². The lowest BCUT2D eigenvalue weighted by atomic mass is 9.80. The van der Waals surface area contributed by atoms with Crippen molar-refractivity contribution in [3.05, 3.63) is 62.9 Å². The summed E-state index contributed by atoms with van der Waals surface area (Å²) in [4.78, 5) is 14.6. The molecule has 1 unspecified atom stereocenters. The normalized spacial score (nSPS) is 17.9. The molecule has 1 atom stereocenters. The summed E-state index contributed by atoms with van der Waals surface area (Å²) >= 11 is 11.9. The van der Waals surface area contributed by atoms with Crippen LogP contribution in [0.3, 0.4) is 0 Å². The van der Waals surface area contributed by atoms with Crippen LogP contribution in [0.1, 0.15) is 44.2 Å². The lowest BCUT2D eigenvalue weighted by Gasteiger charge is -2.45. The highest BCUT2D eigenvalue weighted by Crippen LogP contribution is 2.43. The van der Waals surface area contributed by atoms with Gasteiger partial charge in [-0.2, -0.15) is 5.26 Å². The second-order valence-corrected chi connectivity index (χ2v) is 9.00. The molecular weight excluding hydrogens is 424 g/mol. The van der Waals surface area contributed by atoms with Gasteiger partial charge in [0.25, 0.3) is 5.91 Å². The maximum atomic E-state index is 14.9. The molecule has 0 aliphatic carbocycles. The Morgan fingerprint density at radius 3 is 2.67 bits per heavy atom. The van der Waals surface area contributed by atoms with Crippen LogP contribution in [0.5, 0.6) is 0 Å². The van der Waals surface area contributed by atoms with Crippen LogP contribution in [0, 0.1) is 17.1 Å². The first-order valence-electron chi connectivity index (χ1n) is 9.49. The van der Waals surface area contributed by atoms with Gasteiger partial charge in [-0.05, 0) is 68.2 Å². The summed E-state index contributed by atoms with van der Waals surface area (Å²) < 4.78 is 14.9. The number of halogens is 3. The molecule has 1 N–H and O–H groups in total. The molecule has 156 valence electrons. The maximum absolute atomic E-state index is 14.9. The lowest BCUT2D eigenvalue weighted by molar-refractivity contribution is -0.112.